The summed E-state index contributed by atoms with van der Waals surface area (Å²) in [7, 11) is 0. The summed E-state index contributed by atoms with van der Waals surface area (Å²) < 4.78 is 5.30. The molecule has 0 spiro atoms. The molecule has 7 nitrogen and oxygen atoms in total. The Hall–Kier alpha value is -3.52. The lowest BCUT2D eigenvalue weighted by molar-refractivity contribution is -0.146. The summed E-state index contributed by atoms with van der Waals surface area (Å²) in [4.78, 5) is 42.6. The highest BCUT2D eigenvalue weighted by atomic mass is 32.1. The van der Waals surface area contributed by atoms with Crippen LogP contribution in [0.3, 0.4) is 0 Å². The molecule has 1 aromatic heterocycles. The number of carbonyl (C=O) groups excluding carboxylic acids is 3. The van der Waals surface area contributed by atoms with Gasteiger partial charge < -0.3 is 10.1 Å². The van der Waals surface area contributed by atoms with Crippen molar-refractivity contribution in [3.05, 3.63) is 76.8 Å². The van der Waals surface area contributed by atoms with Gasteiger partial charge in [-0.05, 0) is 38.1 Å². The van der Waals surface area contributed by atoms with Crippen molar-refractivity contribution in [2.45, 2.75) is 33.4 Å². The van der Waals surface area contributed by atoms with Gasteiger partial charge in [0.2, 0.25) is 5.91 Å². The molecule has 31 heavy (non-hydrogen) atoms. The number of hydrogen-bond donors (Lipinski definition) is 1. The largest absolute Gasteiger partial charge is 0.458 e. The number of ether oxygens (including phenoxy) is 1. The average molecular weight is 438 g/mol. The molecule has 0 aliphatic heterocycles. The number of aromatic nitrogens is 1. The number of benzene rings is 2. The summed E-state index contributed by atoms with van der Waals surface area (Å²) in [6.07, 6.45) is 0. The molecule has 0 unspecified atom stereocenters. The average Bonchev–Trinajstić information content (AvgIpc) is 3.20. The molecule has 2 amide bonds. The number of carbonyl (C=O) groups is 3. The molecule has 2 aromatic carbocycles. The minimum Gasteiger partial charge on any atom is -0.458 e. The number of amides is 2. The third kappa shape index (κ3) is 5.76. The molecule has 0 saturated carbocycles. The van der Waals surface area contributed by atoms with Gasteiger partial charge in [0.15, 0.2) is 5.13 Å². The van der Waals surface area contributed by atoms with E-state index in [-0.39, 0.29) is 18.4 Å². The van der Waals surface area contributed by atoms with Crippen LogP contribution in [0.15, 0.2) is 60.0 Å². The standard InChI is InChI=1S/C23H23N3O4S/c1-15-8-7-9-18(12-15)21(28)24-16(2)22(29)30-13-19-14-31-23(25-19)26(17(3)27)20-10-5-4-6-11-20/h4-12,14,16H,13H2,1-3H3,(H,24,28)/t16-/m0/s1. The third-order valence-electron chi connectivity index (χ3n) is 4.40. The predicted octanol–water partition coefficient (Wildman–Crippen LogP) is 4.00. The van der Waals surface area contributed by atoms with E-state index >= 15 is 0 Å². The molecule has 160 valence electrons. The van der Waals surface area contributed by atoms with Gasteiger partial charge in [0.05, 0.1) is 11.4 Å². The van der Waals surface area contributed by atoms with E-state index < -0.39 is 12.0 Å². The van der Waals surface area contributed by atoms with Crippen LogP contribution in [-0.2, 0) is 20.9 Å². The van der Waals surface area contributed by atoms with Crippen LogP contribution in [0.5, 0.6) is 0 Å². The molecule has 1 heterocycles. The molecule has 3 aromatic rings. The van der Waals surface area contributed by atoms with Crippen molar-refractivity contribution in [1.29, 1.82) is 0 Å². The van der Waals surface area contributed by atoms with Crippen LogP contribution in [0.1, 0.15) is 35.5 Å². The second-order valence-corrected chi connectivity index (χ2v) is 7.82. The Balaban J connectivity index is 1.59. The Kier molecular flexibility index (Phi) is 7.15. The molecule has 1 atom stereocenters. The first-order chi connectivity index (χ1) is 14.8. The molecule has 1 N–H and O–H groups in total. The Morgan fingerprint density at radius 1 is 1.13 bits per heavy atom. The second kappa shape index (κ2) is 9.99. The zero-order chi connectivity index (χ0) is 22.4. The monoisotopic (exact) mass is 437 g/mol. The maximum Gasteiger partial charge on any atom is 0.328 e. The number of aryl methyl sites for hydroxylation is 1. The highest BCUT2D eigenvalue weighted by Crippen LogP contribution is 2.28. The third-order valence-corrected chi connectivity index (χ3v) is 5.28. The molecule has 0 radical (unpaired) electrons. The lowest BCUT2D eigenvalue weighted by atomic mass is 10.1. The number of nitrogens with one attached hydrogen (secondary N) is 1. The van der Waals surface area contributed by atoms with Crippen molar-refractivity contribution in [1.82, 2.24) is 10.3 Å². The zero-order valence-electron chi connectivity index (χ0n) is 17.5. The minimum absolute atomic E-state index is 0.0550. The van der Waals surface area contributed by atoms with Crippen molar-refractivity contribution in [2.75, 3.05) is 4.90 Å². The van der Waals surface area contributed by atoms with Gasteiger partial charge in [0.25, 0.3) is 5.91 Å². The number of anilines is 2. The van der Waals surface area contributed by atoms with Crippen LogP contribution in [-0.4, -0.2) is 28.8 Å². The van der Waals surface area contributed by atoms with Crippen LogP contribution in [0, 0.1) is 6.92 Å². The smallest absolute Gasteiger partial charge is 0.328 e. The number of hydrogen-bond acceptors (Lipinski definition) is 6. The van der Waals surface area contributed by atoms with Crippen LogP contribution in [0.2, 0.25) is 0 Å². The fraction of sp³-hybridized carbons (Fsp3) is 0.217. The molecule has 0 aliphatic carbocycles. The van der Waals surface area contributed by atoms with E-state index in [1.165, 1.54) is 23.2 Å². The van der Waals surface area contributed by atoms with Gasteiger partial charge in [-0.2, -0.15) is 0 Å². The maximum absolute atomic E-state index is 12.3. The summed E-state index contributed by atoms with van der Waals surface area (Å²) in [5, 5.41) is 4.86. The van der Waals surface area contributed by atoms with Crippen LogP contribution in [0.4, 0.5) is 10.8 Å². The molecule has 0 aliphatic rings. The van der Waals surface area contributed by atoms with E-state index in [9.17, 15) is 14.4 Å². The summed E-state index contributed by atoms with van der Waals surface area (Å²) in [5.41, 5.74) is 2.67. The first-order valence-corrected chi connectivity index (χ1v) is 10.6. The Morgan fingerprint density at radius 3 is 2.55 bits per heavy atom. The van der Waals surface area contributed by atoms with Gasteiger partial charge in [-0.3, -0.25) is 14.5 Å². The van der Waals surface area contributed by atoms with Crippen LogP contribution in [0.25, 0.3) is 0 Å². The summed E-state index contributed by atoms with van der Waals surface area (Å²) in [6.45, 7) is 4.87. The molecular weight excluding hydrogens is 414 g/mol. The van der Waals surface area contributed by atoms with E-state index in [1.807, 2.05) is 43.3 Å². The lowest BCUT2D eigenvalue weighted by Crippen LogP contribution is -2.39. The normalized spacial score (nSPS) is 11.5. The van der Waals surface area contributed by atoms with Crippen molar-refractivity contribution in [3.8, 4) is 0 Å². The van der Waals surface area contributed by atoms with Crippen molar-refractivity contribution < 1.29 is 19.1 Å². The number of rotatable bonds is 7. The maximum atomic E-state index is 12.3. The zero-order valence-corrected chi connectivity index (χ0v) is 18.3. The van der Waals surface area contributed by atoms with E-state index in [4.69, 9.17) is 4.74 Å². The number of esters is 1. The van der Waals surface area contributed by atoms with Crippen LogP contribution >= 0.6 is 11.3 Å². The quantitative estimate of drug-likeness (QED) is 0.565. The van der Waals surface area contributed by atoms with E-state index in [0.29, 0.717) is 22.1 Å². The molecule has 0 saturated heterocycles. The van der Waals surface area contributed by atoms with E-state index in [2.05, 4.69) is 10.3 Å². The highest BCUT2D eigenvalue weighted by molar-refractivity contribution is 7.14. The summed E-state index contributed by atoms with van der Waals surface area (Å²) in [6, 6.07) is 15.5. The number of para-hydroxylation sites is 1. The van der Waals surface area contributed by atoms with Crippen molar-refractivity contribution in [2.24, 2.45) is 0 Å². The molecule has 0 bridgehead atoms. The van der Waals surface area contributed by atoms with Gasteiger partial charge in [-0.15, -0.1) is 11.3 Å². The summed E-state index contributed by atoms with van der Waals surface area (Å²) >= 11 is 1.28. The highest BCUT2D eigenvalue weighted by Gasteiger charge is 2.20. The Bertz CT molecular complexity index is 1080. The minimum atomic E-state index is -0.816. The van der Waals surface area contributed by atoms with E-state index in [0.717, 1.165) is 5.56 Å². The SMILES string of the molecule is CC(=O)N(c1ccccc1)c1nc(COC(=O)[C@H](C)NC(=O)c2cccc(C)c2)cs1. The first-order valence-electron chi connectivity index (χ1n) is 9.69. The van der Waals surface area contributed by atoms with Gasteiger partial charge in [-0.25, -0.2) is 9.78 Å². The molecular formula is C23H23N3O4S. The number of nitrogens with zero attached hydrogens (tertiary/aromatic N) is 2. The molecule has 8 heteroatoms. The number of thiazole rings is 1. The molecule has 0 fully saturated rings. The second-order valence-electron chi connectivity index (χ2n) is 6.98. The Morgan fingerprint density at radius 2 is 1.87 bits per heavy atom. The van der Waals surface area contributed by atoms with E-state index in [1.54, 1.807) is 30.5 Å². The topological polar surface area (TPSA) is 88.6 Å². The van der Waals surface area contributed by atoms with Gasteiger partial charge in [-0.1, -0.05) is 35.9 Å². The summed E-state index contributed by atoms with van der Waals surface area (Å²) in [5.74, 6) is -1.08. The van der Waals surface area contributed by atoms with Crippen molar-refractivity contribution in [3.63, 3.8) is 0 Å². The van der Waals surface area contributed by atoms with Crippen molar-refractivity contribution >= 4 is 39.9 Å². The van der Waals surface area contributed by atoms with Gasteiger partial charge >= 0.3 is 5.97 Å². The predicted molar refractivity (Wildman–Crippen MR) is 119 cm³/mol. The first kappa shape index (κ1) is 22.2. The van der Waals surface area contributed by atoms with Gasteiger partial charge in [0, 0.05) is 17.9 Å². The fourth-order valence-corrected chi connectivity index (χ4v) is 3.74. The lowest BCUT2D eigenvalue weighted by Gasteiger charge is -2.17. The molecule has 3 rings (SSSR count). The van der Waals surface area contributed by atoms with Gasteiger partial charge in [0.1, 0.15) is 12.6 Å². The van der Waals surface area contributed by atoms with Crippen LogP contribution < -0.4 is 10.2 Å². The fourth-order valence-electron chi connectivity index (χ4n) is 2.86. The Labute approximate surface area is 184 Å².